The van der Waals surface area contributed by atoms with Gasteiger partial charge in [0, 0.05) is 6.26 Å². The molecule has 0 aliphatic heterocycles. The summed E-state index contributed by atoms with van der Waals surface area (Å²) in [6.07, 6.45) is 5.68. The molecule has 2 amide bonds. The molecule has 5 N–H and O–H groups in total. The molecule has 2 atom stereocenters. The van der Waals surface area contributed by atoms with Gasteiger partial charge in [0.2, 0.25) is 0 Å². The van der Waals surface area contributed by atoms with Crippen molar-refractivity contribution < 1.29 is 23.2 Å². The second kappa shape index (κ2) is 12.5. The molecule has 0 radical (unpaired) electrons. The molecule has 1 rings (SSSR count). The first-order chi connectivity index (χ1) is 15.1. The van der Waals surface area contributed by atoms with Gasteiger partial charge in [0.1, 0.15) is 0 Å². The summed E-state index contributed by atoms with van der Waals surface area (Å²) >= 11 is 0. The zero-order valence-corrected chi connectivity index (χ0v) is 20.0. The zero-order valence-electron chi connectivity index (χ0n) is 19.2. The molecular formula is C23H35N3O5S. The van der Waals surface area contributed by atoms with E-state index in [1.54, 1.807) is 25.4 Å². The Labute approximate surface area is 190 Å². The largest absolute Gasteiger partial charge is 0.293 e. The standard InChI is InChI=1S/C23H35N3O5S/c1-5-15-23(22(28)25-24,32(4,30)31)16-20(17(3)6-2)19(21(27)26-29)14-10-13-18-11-8-7-9-12-18/h7-13,19,29H,5-6,14-16,24H2,1-4H3,(H,25,28)(H,26,27)/b13-10?,20-17+/t19-,23+/m0/s1. The van der Waals surface area contributed by atoms with Gasteiger partial charge in [-0.25, -0.2) is 19.7 Å². The number of hydrogen-bond donors (Lipinski definition) is 4. The fourth-order valence-electron chi connectivity index (χ4n) is 3.80. The molecule has 0 spiro atoms. The number of amides is 2. The zero-order chi connectivity index (χ0) is 24.4. The molecule has 0 saturated carbocycles. The minimum absolute atomic E-state index is 0.0443. The SMILES string of the molecule is CCC[C@@](C/C(=C(/C)CC)[C@H](CC=Cc1ccccc1)C(=O)NO)(C(=O)NN)S(C)(=O)=O. The van der Waals surface area contributed by atoms with E-state index in [0.29, 0.717) is 18.4 Å². The maximum Gasteiger partial charge on any atom is 0.255 e. The van der Waals surface area contributed by atoms with E-state index in [0.717, 1.165) is 17.4 Å². The van der Waals surface area contributed by atoms with Gasteiger partial charge in [0.05, 0.1) is 5.92 Å². The third-order valence-electron chi connectivity index (χ3n) is 5.79. The van der Waals surface area contributed by atoms with Crippen molar-refractivity contribution in [3.63, 3.8) is 0 Å². The molecule has 0 unspecified atom stereocenters. The lowest BCUT2D eigenvalue weighted by molar-refractivity contribution is -0.132. The second-order valence-corrected chi connectivity index (χ2v) is 10.2. The van der Waals surface area contributed by atoms with Crippen LogP contribution in [-0.4, -0.2) is 36.4 Å². The van der Waals surface area contributed by atoms with E-state index in [2.05, 4.69) is 0 Å². The second-order valence-electron chi connectivity index (χ2n) is 7.90. The third-order valence-corrected chi connectivity index (χ3v) is 7.75. The Balaban J connectivity index is 3.52. The van der Waals surface area contributed by atoms with Crippen LogP contribution in [0.15, 0.2) is 47.6 Å². The molecule has 0 aromatic heterocycles. The van der Waals surface area contributed by atoms with Gasteiger partial charge in [-0.2, -0.15) is 0 Å². The predicted octanol–water partition coefficient (Wildman–Crippen LogP) is 2.90. The molecule has 8 nitrogen and oxygen atoms in total. The highest BCUT2D eigenvalue weighted by molar-refractivity contribution is 7.92. The summed E-state index contributed by atoms with van der Waals surface area (Å²) < 4.78 is 23.9. The first-order valence-corrected chi connectivity index (χ1v) is 12.5. The van der Waals surface area contributed by atoms with Gasteiger partial charge in [-0.1, -0.05) is 73.9 Å². The van der Waals surface area contributed by atoms with Crippen LogP contribution in [-0.2, 0) is 19.4 Å². The first-order valence-electron chi connectivity index (χ1n) is 10.6. The maximum atomic E-state index is 12.8. The minimum Gasteiger partial charge on any atom is -0.293 e. The maximum absolute atomic E-state index is 12.8. The minimum atomic E-state index is -3.90. The average Bonchev–Trinajstić information content (AvgIpc) is 2.78. The highest BCUT2D eigenvalue weighted by Gasteiger charge is 2.48. The van der Waals surface area contributed by atoms with Crippen LogP contribution in [0.3, 0.4) is 0 Å². The lowest BCUT2D eigenvalue weighted by atomic mass is 9.81. The number of nitrogens with one attached hydrogen (secondary N) is 2. The number of hydrogen-bond acceptors (Lipinski definition) is 6. The normalized spacial score (nSPS) is 15.6. The molecule has 0 saturated heterocycles. The van der Waals surface area contributed by atoms with Crippen LogP contribution in [0.4, 0.5) is 0 Å². The Hall–Kier alpha value is -2.49. The third kappa shape index (κ3) is 6.75. The molecule has 0 fully saturated rings. The van der Waals surface area contributed by atoms with Crippen LogP contribution in [0.2, 0.25) is 0 Å². The van der Waals surface area contributed by atoms with E-state index in [9.17, 15) is 23.2 Å². The van der Waals surface area contributed by atoms with Crippen LogP contribution >= 0.6 is 0 Å². The van der Waals surface area contributed by atoms with Crippen LogP contribution in [0.5, 0.6) is 0 Å². The highest BCUT2D eigenvalue weighted by atomic mass is 32.2. The number of nitrogens with two attached hydrogens (primary N) is 1. The van der Waals surface area contributed by atoms with Gasteiger partial charge >= 0.3 is 0 Å². The average molecular weight is 466 g/mol. The molecular weight excluding hydrogens is 430 g/mol. The molecule has 1 aromatic carbocycles. The van der Waals surface area contributed by atoms with Gasteiger partial charge in [0.15, 0.2) is 14.6 Å². The number of carbonyl (C=O) groups excluding carboxylic acids is 2. The smallest absolute Gasteiger partial charge is 0.255 e. The van der Waals surface area contributed by atoms with Crippen molar-refractivity contribution >= 4 is 27.7 Å². The van der Waals surface area contributed by atoms with Crippen molar-refractivity contribution in [3.05, 3.63) is 53.1 Å². The molecule has 9 heteroatoms. The van der Waals surface area contributed by atoms with E-state index >= 15 is 0 Å². The monoisotopic (exact) mass is 465 g/mol. The topological polar surface area (TPSA) is 139 Å². The van der Waals surface area contributed by atoms with Crippen molar-refractivity contribution in [3.8, 4) is 0 Å². The summed E-state index contributed by atoms with van der Waals surface area (Å²) in [7, 11) is -3.90. The number of rotatable bonds is 12. The van der Waals surface area contributed by atoms with E-state index in [1.165, 1.54) is 0 Å². The Kier molecular flexibility index (Phi) is 10.8. The van der Waals surface area contributed by atoms with E-state index in [4.69, 9.17) is 5.84 Å². The molecule has 0 aliphatic carbocycles. The van der Waals surface area contributed by atoms with Gasteiger partial charge in [-0.3, -0.25) is 20.2 Å². The van der Waals surface area contributed by atoms with Crippen molar-refractivity contribution in [2.45, 2.75) is 57.6 Å². The summed E-state index contributed by atoms with van der Waals surface area (Å²) in [5, 5.41) is 9.38. The van der Waals surface area contributed by atoms with E-state index < -0.39 is 32.3 Å². The van der Waals surface area contributed by atoms with Crippen LogP contribution < -0.4 is 16.7 Å². The number of allylic oxidation sites excluding steroid dienone is 2. The molecule has 32 heavy (non-hydrogen) atoms. The van der Waals surface area contributed by atoms with Crippen LogP contribution in [0.25, 0.3) is 6.08 Å². The van der Waals surface area contributed by atoms with Gasteiger partial charge in [-0.05, 0) is 38.2 Å². The van der Waals surface area contributed by atoms with Crippen molar-refractivity contribution in [1.82, 2.24) is 10.9 Å². The lowest BCUT2D eigenvalue weighted by Gasteiger charge is -2.33. The quantitative estimate of drug-likeness (QED) is 0.123. The van der Waals surface area contributed by atoms with Crippen LogP contribution in [0, 0.1) is 5.92 Å². The Morgan fingerprint density at radius 3 is 2.31 bits per heavy atom. The molecule has 1 aromatic rings. The summed E-state index contributed by atoms with van der Waals surface area (Å²) in [6.45, 7) is 5.46. The van der Waals surface area contributed by atoms with Crippen molar-refractivity contribution in [2.75, 3.05) is 6.26 Å². The summed E-state index contributed by atoms with van der Waals surface area (Å²) in [4.78, 5) is 25.4. The number of hydrazine groups is 1. The number of benzene rings is 1. The number of hydroxylamine groups is 1. The summed E-state index contributed by atoms with van der Waals surface area (Å²) in [5.41, 5.74) is 5.91. The fraction of sp³-hybridized carbons (Fsp3) is 0.478. The van der Waals surface area contributed by atoms with Gasteiger partial charge in [-0.15, -0.1) is 0 Å². The first kappa shape index (κ1) is 27.5. The molecule has 0 bridgehead atoms. The van der Waals surface area contributed by atoms with Gasteiger partial charge in [0.25, 0.3) is 11.8 Å². The predicted molar refractivity (Wildman–Crippen MR) is 126 cm³/mol. The van der Waals surface area contributed by atoms with Crippen LogP contribution in [0.1, 0.15) is 58.4 Å². The molecule has 0 heterocycles. The Bertz CT molecular complexity index is 942. The Morgan fingerprint density at radius 2 is 1.84 bits per heavy atom. The van der Waals surface area contributed by atoms with Crippen molar-refractivity contribution in [1.29, 1.82) is 0 Å². The van der Waals surface area contributed by atoms with Gasteiger partial charge < -0.3 is 0 Å². The Morgan fingerprint density at radius 1 is 1.22 bits per heavy atom. The lowest BCUT2D eigenvalue weighted by Crippen LogP contribution is -2.55. The number of sulfone groups is 1. The fourth-order valence-corrected chi connectivity index (χ4v) is 5.19. The van der Waals surface area contributed by atoms with E-state index in [-0.39, 0.29) is 19.3 Å². The van der Waals surface area contributed by atoms with Crippen molar-refractivity contribution in [2.24, 2.45) is 11.8 Å². The summed E-state index contributed by atoms with van der Waals surface area (Å²) in [6, 6.07) is 9.49. The molecule has 0 aliphatic rings. The van der Waals surface area contributed by atoms with E-state index in [1.807, 2.05) is 48.8 Å². The number of carbonyl (C=O) groups is 2. The highest BCUT2D eigenvalue weighted by Crippen LogP contribution is 2.37. The summed E-state index contributed by atoms with van der Waals surface area (Å²) in [5.74, 6) is 3.03. The molecule has 178 valence electrons.